The van der Waals surface area contributed by atoms with Gasteiger partial charge in [0.1, 0.15) is 0 Å². The Labute approximate surface area is 144 Å². The highest BCUT2D eigenvalue weighted by atomic mass is 19.4. The summed E-state index contributed by atoms with van der Waals surface area (Å²) < 4.78 is 37.1. The monoisotopic (exact) mass is 357 g/mol. The molecule has 1 aliphatic rings. The zero-order valence-electron chi connectivity index (χ0n) is 14.3. The standard InChI is InChI=1S/C17H22F3N3O2/c1-12(24)22(2)15-5-3-14(4-6-15)21-16(25)13-7-9-23(10-8-13)11-17(18,19)20/h3-6,13H,7-11H2,1-2H3,(H,21,25). The maximum absolute atomic E-state index is 12.4. The number of benzene rings is 1. The van der Waals surface area contributed by atoms with Crippen LogP contribution in [0.5, 0.6) is 0 Å². The van der Waals surface area contributed by atoms with Crippen molar-refractivity contribution >= 4 is 23.2 Å². The molecule has 2 amide bonds. The van der Waals surface area contributed by atoms with E-state index in [0.717, 1.165) is 0 Å². The van der Waals surface area contributed by atoms with Crippen LogP contribution in [0.1, 0.15) is 19.8 Å². The van der Waals surface area contributed by atoms with Gasteiger partial charge in [0.2, 0.25) is 11.8 Å². The van der Waals surface area contributed by atoms with Crippen molar-refractivity contribution in [3.8, 4) is 0 Å². The van der Waals surface area contributed by atoms with Crippen LogP contribution >= 0.6 is 0 Å². The van der Waals surface area contributed by atoms with E-state index in [2.05, 4.69) is 5.32 Å². The molecule has 0 unspecified atom stereocenters. The van der Waals surface area contributed by atoms with Crippen molar-refractivity contribution in [1.82, 2.24) is 4.90 Å². The van der Waals surface area contributed by atoms with Crippen molar-refractivity contribution in [1.29, 1.82) is 0 Å². The van der Waals surface area contributed by atoms with Gasteiger partial charge in [-0.2, -0.15) is 13.2 Å². The highest BCUT2D eigenvalue weighted by Gasteiger charge is 2.33. The summed E-state index contributed by atoms with van der Waals surface area (Å²) in [6.45, 7) is 1.06. The highest BCUT2D eigenvalue weighted by molar-refractivity contribution is 5.94. The van der Waals surface area contributed by atoms with E-state index in [-0.39, 0.29) is 30.8 Å². The molecule has 0 bridgehead atoms. The first-order valence-corrected chi connectivity index (χ1v) is 8.10. The molecule has 1 fully saturated rings. The van der Waals surface area contributed by atoms with Gasteiger partial charge in [-0.05, 0) is 50.2 Å². The first kappa shape index (κ1) is 19.2. The number of hydrogen-bond donors (Lipinski definition) is 1. The average Bonchev–Trinajstić information content (AvgIpc) is 2.54. The number of likely N-dealkylation sites (tertiary alicyclic amines) is 1. The lowest BCUT2D eigenvalue weighted by Crippen LogP contribution is -2.42. The number of nitrogens with zero attached hydrogens (tertiary/aromatic N) is 2. The zero-order chi connectivity index (χ0) is 18.6. The summed E-state index contributed by atoms with van der Waals surface area (Å²) >= 11 is 0. The normalized spacial score (nSPS) is 16.5. The molecule has 25 heavy (non-hydrogen) atoms. The van der Waals surface area contributed by atoms with Crippen molar-refractivity contribution in [2.45, 2.75) is 25.9 Å². The Morgan fingerprint density at radius 3 is 2.24 bits per heavy atom. The molecule has 1 aliphatic heterocycles. The number of nitrogens with one attached hydrogen (secondary N) is 1. The highest BCUT2D eigenvalue weighted by Crippen LogP contribution is 2.24. The lowest BCUT2D eigenvalue weighted by Gasteiger charge is -2.31. The molecule has 1 aromatic carbocycles. The fourth-order valence-corrected chi connectivity index (χ4v) is 2.80. The van der Waals surface area contributed by atoms with Gasteiger partial charge >= 0.3 is 6.18 Å². The van der Waals surface area contributed by atoms with Gasteiger partial charge in [-0.15, -0.1) is 0 Å². The van der Waals surface area contributed by atoms with Crippen molar-refractivity contribution < 1.29 is 22.8 Å². The number of amides is 2. The van der Waals surface area contributed by atoms with Crippen molar-refractivity contribution in [2.24, 2.45) is 5.92 Å². The predicted octanol–water partition coefficient (Wildman–Crippen LogP) is 2.88. The minimum absolute atomic E-state index is 0.0950. The van der Waals surface area contributed by atoms with Crippen LogP contribution in [0.25, 0.3) is 0 Å². The lowest BCUT2D eigenvalue weighted by atomic mass is 9.96. The van der Waals surface area contributed by atoms with Gasteiger partial charge in [0.05, 0.1) is 6.54 Å². The van der Waals surface area contributed by atoms with Crippen LogP contribution in [0.4, 0.5) is 24.5 Å². The second-order valence-electron chi connectivity index (χ2n) is 6.28. The van der Waals surface area contributed by atoms with E-state index in [1.165, 1.54) is 16.7 Å². The van der Waals surface area contributed by atoms with Gasteiger partial charge in [-0.3, -0.25) is 14.5 Å². The number of rotatable bonds is 4. The van der Waals surface area contributed by atoms with Crippen LogP contribution in [0.15, 0.2) is 24.3 Å². The van der Waals surface area contributed by atoms with Crippen LogP contribution in [0, 0.1) is 5.92 Å². The number of carbonyl (C=O) groups is 2. The fourth-order valence-electron chi connectivity index (χ4n) is 2.80. The maximum atomic E-state index is 12.4. The predicted molar refractivity (Wildman–Crippen MR) is 89.4 cm³/mol. The van der Waals surface area contributed by atoms with E-state index in [0.29, 0.717) is 24.2 Å². The molecule has 0 aliphatic carbocycles. The molecule has 1 saturated heterocycles. The Balaban J connectivity index is 1.85. The van der Waals surface area contributed by atoms with Gasteiger partial charge in [0.15, 0.2) is 0 Å². The smallest absolute Gasteiger partial charge is 0.326 e. The Kier molecular flexibility index (Phi) is 6.05. The summed E-state index contributed by atoms with van der Waals surface area (Å²) in [6, 6.07) is 6.85. The minimum Gasteiger partial charge on any atom is -0.326 e. The molecule has 0 saturated carbocycles. The van der Waals surface area contributed by atoms with Crippen LogP contribution < -0.4 is 10.2 Å². The third kappa shape index (κ3) is 5.74. The summed E-state index contributed by atoms with van der Waals surface area (Å²) in [5, 5.41) is 2.79. The molecule has 2 rings (SSSR count). The number of hydrogen-bond acceptors (Lipinski definition) is 3. The second-order valence-corrected chi connectivity index (χ2v) is 6.28. The number of piperidine rings is 1. The zero-order valence-corrected chi connectivity index (χ0v) is 14.3. The summed E-state index contributed by atoms with van der Waals surface area (Å²) in [5.41, 5.74) is 1.31. The Morgan fingerprint density at radius 1 is 1.20 bits per heavy atom. The molecule has 0 radical (unpaired) electrons. The third-order valence-corrected chi connectivity index (χ3v) is 4.36. The van der Waals surface area contributed by atoms with Crippen LogP contribution in [-0.2, 0) is 9.59 Å². The van der Waals surface area contributed by atoms with Crippen LogP contribution in [0.2, 0.25) is 0 Å². The molecule has 0 aromatic heterocycles. The summed E-state index contributed by atoms with van der Waals surface area (Å²) in [7, 11) is 1.66. The third-order valence-electron chi connectivity index (χ3n) is 4.36. The van der Waals surface area contributed by atoms with Crippen LogP contribution in [0.3, 0.4) is 0 Å². The Bertz CT molecular complexity index is 609. The van der Waals surface area contributed by atoms with Crippen LogP contribution in [-0.4, -0.2) is 49.6 Å². The first-order chi connectivity index (χ1) is 11.7. The molecule has 0 atom stereocenters. The number of alkyl halides is 3. The topological polar surface area (TPSA) is 52.7 Å². The van der Waals surface area contributed by atoms with Crippen molar-refractivity contribution in [3.63, 3.8) is 0 Å². The molecular weight excluding hydrogens is 335 g/mol. The number of halogens is 3. The fraction of sp³-hybridized carbons (Fsp3) is 0.529. The summed E-state index contributed by atoms with van der Waals surface area (Å²) in [6.07, 6.45) is -3.38. The Morgan fingerprint density at radius 2 is 1.76 bits per heavy atom. The van der Waals surface area contributed by atoms with E-state index < -0.39 is 12.7 Å². The van der Waals surface area contributed by atoms with Gasteiger partial charge in [0, 0.05) is 31.3 Å². The van der Waals surface area contributed by atoms with Gasteiger partial charge in [-0.25, -0.2) is 0 Å². The first-order valence-electron chi connectivity index (χ1n) is 8.10. The van der Waals surface area contributed by atoms with Crippen molar-refractivity contribution in [3.05, 3.63) is 24.3 Å². The molecule has 8 heteroatoms. The molecule has 1 aromatic rings. The van der Waals surface area contributed by atoms with Gasteiger partial charge < -0.3 is 10.2 Å². The number of carbonyl (C=O) groups excluding carboxylic acids is 2. The largest absolute Gasteiger partial charge is 0.401 e. The maximum Gasteiger partial charge on any atom is 0.401 e. The van der Waals surface area contributed by atoms with Crippen molar-refractivity contribution in [2.75, 3.05) is 36.9 Å². The SMILES string of the molecule is CC(=O)N(C)c1ccc(NC(=O)C2CCN(CC(F)(F)F)CC2)cc1. The molecular formula is C17H22F3N3O2. The van der Waals surface area contributed by atoms with E-state index in [1.54, 1.807) is 31.3 Å². The quantitative estimate of drug-likeness (QED) is 0.902. The van der Waals surface area contributed by atoms with E-state index in [1.807, 2.05) is 0 Å². The minimum atomic E-state index is -4.20. The van der Waals surface area contributed by atoms with E-state index in [9.17, 15) is 22.8 Å². The molecule has 1 heterocycles. The average molecular weight is 357 g/mol. The van der Waals surface area contributed by atoms with Gasteiger partial charge in [-0.1, -0.05) is 0 Å². The second kappa shape index (κ2) is 7.86. The van der Waals surface area contributed by atoms with E-state index >= 15 is 0 Å². The summed E-state index contributed by atoms with van der Waals surface area (Å²) in [5.74, 6) is -0.564. The molecule has 0 spiro atoms. The molecule has 1 N–H and O–H groups in total. The van der Waals surface area contributed by atoms with Gasteiger partial charge in [0.25, 0.3) is 0 Å². The molecule has 138 valence electrons. The lowest BCUT2D eigenvalue weighted by molar-refractivity contribution is -0.149. The Hall–Kier alpha value is -2.09. The number of anilines is 2. The summed E-state index contributed by atoms with van der Waals surface area (Å²) in [4.78, 5) is 26.4. The molecule has 5 nitrogen and oxygen atoms in total. The van der Waals surface area contributed by atoms with E-state index in [4.69, 9.17) is 0 Å².